The SMILES string of the molecule is C[C@@H]1CC[C@@H]2[C@@H](C1)O[C@@H]1[C@H]3Cc4ccccc4C[C@@H]3C(=O)N1C2(C)C. The van der Waals surface area contributed by atoms with Gasteiger partial charge in [0.15, 0.2) is 0 Å². The van der Waals surface area contributed by atoms with Gasteiger partial charge in [0.25, 0.3) is 0 Å². The average Bonchev–Trinajstić information content (AvgIpc) is 2.85. The molecule has 3 heteroatoms. The Kier molecular flexibility index (Phi) is 3.38. The van der Waals surface area contributed by atoms with E-state index >= 15 is 0 Å². The van der Waals surface area contributed by atoms with Crippen LogP contribution in [0.1, 0.15) is 51.2 Å². The van der Waals surface area contributed by atoms with Gasteiger partial charge >= 0.3 is 0 Å². The quantitative estimate of drug-likeness (QED) is 0.719. The van der Waals surface area contributed by atoms with Crippen molar-refractivity contribution in [1.29, 1.82) is 0 Å². The average molecular weight is 339 g/mol. The lowest BCUT2D eigenvalue weighted by molar-refractivity contribution is -0.227. The van der Waals surface area contributed by atoms with Gasteiger partial charge in [0.05, 0.1) is 6.10 Å². The van der Waals surface area contributed by atoms with Crippen molar-refractivity contribution in [2.75, 3.05) is 0 Å². The van der Waals surface area contributed by atoms with Gasteiger partial charge < -0.3 is 9.64 Å². The van der Waals surface area contributed by atoms with Crippen LogP contribution >= 0.6 is 0 Å². The molecule has 3 fully saturated rings. The lowest BCUT2D eigenvalue weighted by Crippen LogP contribution is -2.64. The Hall–Kier alpha value is -1.35. The number of hydrogen-bond donors (Lipinski definition) is 0. The summed E-state index contributed by atoms with van der Waals surface area (Å²) in [6.45, 7) is 6.93. The molecule has 0 N–H and O–H groups in total. The van der Waals surface area contributed by atoms with E-state index < -0.39 is 0 Å². The number of hydrogen-bond acceptors (Lipinski definition) is 2. The highest BCUT2D eigenvalue weighted by Gasteiger charge is 2.61. The van der Waals surface area contributed by atoms with Crippen LogP contribution in [-0.4, -0.2) is 28.7 Å². The van der Waals surface area contributed by atoms with Gasteiger partial charge in [-0.3, -0.25) is 4.79 Å². The Balaban J connectivity index is 1.52. The molecule has 0 bridgehead atoms. The van der Waals surface area contributed by atoms with Gasteiger partial charge in [-0.05, 0) is 56.6 Å². The van der Waals surface area contributed by atoms with Crippen LogP contribution in [0, 0.1) is 23.7 Å². The third kappa shape index (κ3) is 2.17. The van der Waals surface area contributed by atoms with Crippen molar-refractivity contribution in [3.8, 4) is 0 Å². The number of carbonyl (C=O) groups excluding carboxylic acids is 1. The molecule has 1 aromatic rings. The Morgan fingerprint density at radius 2 is 1.84 bits per heavy atom. The molecule has 1 aromatic carbocycles. The highest BCUT2D eigenvalue weighted by Crippen LogP contribution is 2.52. The topological polar surface area (TPSA) is 29.5 Å². The summed E-state index contributed by atoms with van der Waals surface area (Å²) in [5.74, 6) is 1.98. The van der Waals surface area contributed by atoms with E-state index in [2.05, 4.69) is 49.9 Å². The van der Waals surface area contributed by atoms with Crippen LogP contribution in [0.25, 0.3) is 0 Å². The maximum atomic E-state index is 13.4. The second-order valence-corrected chi connectivity index (χ2v) is 9.40. The van der Waals surface area contributed by atoms with E-state index in [1.54, 1.807) is 0 Å². The van der Waals surface area contributed by atoms with Crippen molar-refractivity contribution in [1.82, 2.24) is 4.90 Å². The van der Waals surface area contributed by atoms with Crippen molar-refractivity contribution >= 4 is 5.91 Å². The van der Waals surface area contributed by atoms with E-state index in [1.165, 1.54) is 24.0 Å². The number of carbonyl (C=O) groups is 1. The van der Waals surface area contributed by atoms with Crippen molar-refractivity contribution < 1.29 is 9.53 Å². The number of fused-ring (bicyclic) bond motifs is 5. The first-order valence-corrected chi connectivity index (χ1v) is 10.0. The van der Waals surface area contributed by atoms with Crippen LogP contribution in [0.5, 0.6) is 0 Å². The van der Waals surface area contributed by atoms with Gasteiger partial charge in [-0.1, -0.05) is 37.6 Å². The number of rotatable bonds is 0. The third-order valence-electron chi connectivity index (χ3n) is 7.60. The molecular formula is C22H29NO2. The lowest BCUT2D eigenvalue weighted by Gasteiger charge is -2.56. The molecule has 2 saturated heterocycles. The minimum Gasteiger partial charge on any atom is -0.354 e. The predicted molar refractivity (Wildman–Crippen MR) is 96.9 cm³/mol. The summed E-state index contributed by atoms with van der Waals surface area (Å²) in [4.78, 5) is 15.5. The Morgan fingerprint density at radius 1 is 1.12 bits per heavy atom. The zero-order valence-corrected chi connectivity index (χ0v) is 15.6. The van der Waals surface area contributed by atoms with E-state index in [9.17, 15) is 4.79 Å². The van der Waals surface area contributed by atoms with Crippen LogP contribution in [0.3, 0.4) is 0 Å². The summed E-state index contributed by atoms with van der Waals surface area (Å²) in [5, 5.41) is 0. The third-order valence-corrected chi connectivity index (χ3v) is 7.60. The Labute approximate surface area is 150 Å². The fourth-order valence-corrected chi connectivity index (χ4v) is 6.22. The monoisotopic (exact) mass is 339 g/mol. The van der Waals surface area contributed by atoms with Crippen LogP contribution < -0.4 is 0 Å². The van der Waals surface area contributed by atoms with Gasteiger partial charge in [-0.2, -0.15) is 0 Å². The van der Waals surface area contributed by atoms with E-state index in [-0.39, 0.29) is 17.7 Å². The van der Waals surface area contributed by atoms with Crippen LogP contribution in [0.2, 0.25) is 0 Å². The molecule has 4 aliphatic rings. The molecule has 2 aliphatic carbocycles. The molecule has 1 saturated carbocycles. The highest BCUT2D eigenvalue weighted by molar-refractivity contribution is 5.83. The lowest BCUT2D eigenvalue weighted by atomic mass is 9.69. The first-order valence-electron chi connectivity index (χ1n) is 10.0. The first kappa shape index (κ1) is 15.9. The Bertz CT molecular complexity index is 712. The van der Waals surface area contributed by atoms with Crippen molar-refractivity contribution in [2.45, 2.75) is 70.7 Å². The number of benzene rings is 1. The minimum absolute atomic E-state index is 0.0209. The summed E-state index contributed by atoms with van der Waals surface area (Å²) in [5.41, 5.74) is 2.69. The second-order valence-electron chi connectivity index (χ2n) is 9.40. The molecule has 6 atom stereocenters. The van der Waals surface area contributed by atoms with Gasteiger partial charge in [0, 0.05) is 23.3 Å². The van der Waals surface area contributed by atoms with Crippen LogP contribution in [0.4, 0.5) is 0 Å². The van der Waals surface area contributed by atoms with Crippen LogP contribution in [-0.2, 0) is 22.4 Å². The summed E-state index contributed by atoms with van der Waals surface area (Å²) >= 11 is 0. The van der Waals surface area contributed by atoms with Gasteiger partial charge in [-0.15, -0.1) is 0 Å². The highest BCUT2D eigenvalue weighted by atomic mass is 16.5. The smallest absolute Gasteiger partial charge is 0.228 e. The summed E-state index contributed by atoms with van der Waals surface area (Å²) in [6.07, 6.45) is 5.77. The normalized spacial score (nSPS) is 41.6. The fourth-order valence-electron chi connectivity index (χ4n) is 6.22. The molecule has 2 aliphatic heterocycles. The number of ether oxygens (including phenoxy) is 1. The molecule has 3 nitrogen and oxygen atoms in total. The molecule has 0 aromatic heterocycles. The molecule has 5 rings (SSSR count). The zero-order chi connectivity index (χ0) is 17.3. The summed E-state index contributed by atoms with van der Waals surface area (Å²) < 4.78 is 6.68. The molecule has 134 valence electrons. The van der Waals surface area contributed by atoms with Crippen molar-refractivity contribution in [3.05, 3.63) is 35.4 Å². The van der Waals surface area contributed by atoms with Gasteiger partial charge in [-0.25, -0.2) is 0 Å². The molecule has 0 unspecified atom stereocenters. The molecular weight excluding hydrogens is 310 g/mol. The molecule has 2 heterocycles. The van der Waals surface area contributed by atoms with Gasteiger partial charge in [0.1, 0.15) is 6.23 Å². The van der Waals surface area contributed by atoms with Crippen molar-refractivity contribution in [2.24, 2.45) is 23.7 Å². The fraction of sp³-hybridized carbons (Fsp3) is 0.682. The van der Waals surface area contributed by atoms with E-state index in [1.807, 2.05) is 0 Å². The standard InChI is InChI=1S/C22H29NO2/c1-13-8-9-18-19(10-13)25-21-17-12-15-7-5-4-6-14(15)11-16(17)20(24)23(21)22(18,2)3/h4-7,13,16-19,21H,8-12H2,1-3H3/t13-,16+,17+,18-,19-,21-/m1/s1. The zero-order valence-electron chi connectivity index (χ0n) is 15.6. The maximum absolute atomic E-state index is 13.4. The maximum Gasteiger partial charge on any atom is 0.228 e. The van der Waals surface area contributed by atoms with E-state index in [0.717, 1.165) is 25.2 Å². The van der Waals surface area contributed by atoms with Gasteiger partial charge in [0.2, 0.25) is 5.91 Å². The second kappa shape index (κ2) is 5.33. The predicted octanol–water partition coefficient (Wildman–Crippen LogP) is 3.80. The first-order chi connectivity index (χ1) is 12.0. The summed E-state index contributed by atoms with van der Waals surface area (Å²) in [7, 11) is 0. The number of nitrogens with zero attached hydrogens (tertiary/aromatic N) is 1. The molecule has 25 heavy (non-hydrogen) atoms. The minimum atomic E-state index is -0.0890. The summed E-state index contributed by atoms with van der Waals surface area (Å²) in [6, 6.07) is 8.66. The van der Waals surface area contributed by atoms with Crippen molar-refractivity contribution in [3.63, 3.8) is 0 Å². The van der Waals surface area contributed by atoms with E-state index in [4.69, 9.17) is 4.74 Å². The van der Waals surface area contributed by atoms with Crippen LogP contribution in [0.15, 0.2) is 24.3 Å². The number of amides is 1. The molecule has 1 amide bonds. The van der Waals surface area contributed by atoms with E-state index in [0.29, 0.717) is 23.8 Å². The molecule has 0 spiro atoms. The Morgan fingerprint density at radius 3 is 2.60 bits per heavy atom. The molecule has 0 radical (unpaired) electrons. The largest absolute Gasteiger partial charge is 0.354 e.